The molecule has 2 aromatic rings. The van der Waals surface area contributed by atoms with Crippen LogP contribution >= 0.6 is 12.4 Å². The molecule has 0 aliphatic carbocycles. The van der Waals surface area contributed by atoms with Crippen molar-refractivity contribution < 1.29 is 14.6 Å². The molecule has 150 valence electrons. The Morgan fingerprint density at radius 2 is 1.56 bits per heavy atom. The molecule has 2 aromatic carbocycles. The van der Waals surface area contributed by atoms with Crippen molar-refractivity contribution in [3.05, 3.63) is 59.4 Å². The van der Waals surface area contributed by atoms with Crippen molar-refractivity contribution >= 4 is 12.4 Å². The molecule has 0 fully saturated rings. The fraction of sp³-hybridized carbons (Fsp3) is 0.455. The Morgan fingerprint density at radius 3 is 2.11 bits per heavy atom. The summed E-state index contributed by atoms with van der Waals surface area (Å²) < 4.78 is 14.5. The maximum absolute atomic E-state index is 14.5. The van der Waals surface area contributed by atoms with Gasteiger partial charge < -0.3 is 15.9 Å². The van der Waals surface area contributed by atoms with Gasteiger partial charge in [-0.1, -0.05) is 56.2 Å². The Balaban J connectivity index is 0.00000364. The lowest BCUT2D eigenvalue weighted by atomic mass is 9.93. The van der Waals surface area contributed by atoms with E-state index in [4.69, 9.17) is 5.73 Å². The number of halogens is 2. The highest BCUT2D eigenvalue weighted by Gasteiger charge is 2.22. The molecule has 0 radical (unpaired) electrons. The van der Waals surface area contributed by atoms with Crippen LogP contribution in [0.3, 0.4) is 0 Å². The lowest BCUT2D eigenvalue weighted by Crippen LogP contribution is -2.47. The Kier molecular flexibility index (Phi) is 9.95. The number of aliphatic hydroxyl groups is 2. The van der Waals surface area contributed by atoms with Gasteiger partial charge in [0.05, 0.1) is 18.8 Å². The monoisotopic (exact) mass is 395 g/mol. The molecule has 0 atom stereocenters. The predicted octanol–water partition coefficient (Wildman–Crippen LogP) is 4.26. The first-order chi connectivity index (χ1) is 12.5. The van der Waals surface area contributed by atoms with Gasteiger partial charge in [0.2, 0.25) is 0 Å². The molecule has 4 N–H and O–H groups in total. The van der Waals surface area contributed by atoms with Crippen LogP contribution < -0.4 is 5.73 Å². The van der Waals surface area contributed by atoms with Gasteiger partial charge in [0, 0.05) is 5.56 Å². The first-order valence-electron chi connectivity index (χ1n) is 9.39. The fourth-order valence-electron chi connectivity index (χ4n) is 2.98. The minimum absolute atomic E-state index is 0. The topological polar surface area (TPSA) is 66.5 Å². The van der Waals surface area contributed by atoms with Crippen LogP contribution in [0.25, 0.3) is 11.1 Å². The molecule has 3 nitrogen and oxygen atoms in total. The van der Waals surface area contributed by atoms with Crippen LogP contribution in [0.15, 0.2) is 42.5 Å². The van der Waals surface area contributed by atoms with Crippen molar-refractivity contribution in [1.29, 1.82) is 0 Å². The number of nitrogens with two attached hydrogens (primary N) is 1. The Labute approximate surface area is 167 Å². The van der Waals surface area contributed by atoms with Gasteiger partial charge in [-0.05, 0) is 48.4 Å². The summed E-state index contributed by atoms with van der Waals surface area (Å²) in [5.74, 6) is -0.187. The summed E-state index contributed by atoms with van der Waals surface area (Å²) in [6, 6.07) is 13.2. The van der Waals surface area contributed by atoms with Crippen molar-refractivity contribution in [2.45, 2.75) is 51.0 Å². The number of hydrogen-bond donors (Lipinski definition) is 3. The highest BCUT2D eigenvalue weighted by molar-refractivity contribution is 5.85. The van der Waals surface area contributed by atoms with E-state index in [0.29, 0.717) is 18.4 Å². The second-order valence-electron chi connectivity index (χ2n) is 7.15. The third kappa shape index (κ3) is 6.89. The molecule has 0 saturated heterocycles. The van der Waals surface area contributed by atoms with Crippen LogP contribution in [0.4, 0.5) is 4.39 Å². The number of rotatable bonds is 10. The average Bonchev–Trinajstić information content (AvgIpc) is 2.67. The van der Waals surface area contributed by atoms with Crippen LogP contribution in [-0.4, -0.2) is 29.0 Å². The van der Waals surface area contributed by atoms with Gasteiger partial charge in [0.25, 0.3) is 0 Å². The fourth-order valence-corrected chi connectivity index (χ4v) is 2.98. The molecule has 0 spiro atoms. The maximum Gasteiger partial charge on any atom is 0.131 e. The van der Waals surface area contributed by atoms with E-state index in [1.165, 1.54) is 6.42 Å². The van der Waals surface area contributed by atoms with E-state index in [9.17, 15) is 14.6 Å². The van der Waals surface area contributed by atoms with Crippen LogP contribution in [0.2, 0.25) is 0 Å². The molecule has 0 aliphatic rings. The molecule has 0 saturated carbocycles. The van der Waals surface area contributed by atoms with E-state index in [2.05, 4.69) is 6.92 Å². The van der Waals surface area contributed by atoms with Gasteiger partial charge in [-0.25, -0.2) is 4.39 Å². The predicted molar refractivity (Wildman–Crippen MR) is 112 cm³/mol. The summed E-state index contributed by atoms with van der Waals surface area (Å²) in [6.45, 7) is 1.66. The van der Waals surface area contributed by atoms with Crippen molar-refractivity contribution in [3.63, 3.8) is 0 Å². The molecular weight excluding hydrogens is 365 g/mol. The molecule has 0 unspecified atom stereocenters. The summed E-state index contributed by atoms with van der Waals surface area (Å²) in [6.07, 6.45) is 5.47. The minimum Gasteiger partial charge on any atom is -0.394 e. The zero-order valence-corrected chi connectivity index (χ0v) is 16.8. The normalized spacial score (nSPS) is 11.3. The first kappa shape index (κ1) is 23.6. The van der Waals surface area contributed by atoms with Gasteiger partial charge in [0.15, 0.2) is 0 Å². The third-order valence-electron chi connectivity index (χ3n) is 4.91. The zero-order chi connectivity index (χ0) is 19.0. The molecule has 0 aliphatic heterocycles. The van der Waals surface area contributed by atoms with E-state index in [-0.39, 0.29) is 31.4 Å². The molecule has 2 rings (SSSR count). The molecular formula is C22H31ClFNO2. The van der Waals surface area contributed by atoms with Gasteiger partial charge in [0.1, 0.15) is 5.82 Å². The Hall–Kier alpha value is -1.46. The van der Waals surface area contributed by atoms with Crippen molar-refractivity contribution in [2.24, 2.45) is 5.73 Å². The lowest BCUT2D eigenvalue weighted by molar-refractivity contribution is 0.115. The van der Waals surface area contributed by atoms with Gasteiger partial charge >= 0.3 is 0 Å². The standard InChI is InChI=1S/C22H30FNO2.ClH/c1-2-3-4-5-18-8-11-20(21(23)14-18)19-9-6-17(7-10-19)12-13-22(24,15-25)16-26;/h6-11,14,25-26H,2-5,12-13,15-16,24H2,1H3;1H. The second-order valence-corrected chi connectivity index (χ2v) is 7.15. The second kappa shape index (κ2) is 11.4. The summed E-state index contributed by atoms with van der Waals surface area (Å²) in [5.41, 5.74) is 8.47. The quantitative estimate of drug-likeness (QED) is 0.526. The largest absolute Gasteiger partial charge is 0.394 e. The van der Waals surface area contributed by atoms with Gasteiger partial charge in [-0.15, -0.1) is 12.4 Å². The molecule has 5 heteroatoms. The summed E-state index contributed by atoms with van der Waals surface area (Å²) in [5, 5.41) is 18.5. The van der Waals surface area contributed by atoms with Gasteiger partial charge in [-0.3, -0.25) is 0 Å². The first-order valence-corrected chi connectivity index (χ1v) is 9.39. The number of aliphatic hydroxyl groups excluding tert-OH is 2. The summed E-state index contributed by atoms with van der Waals surface area (Å²) >= 11 is 0. The Morgan fingerprint density at radius 1 is 0.926 bits per heavy atom. The van der Waals surface area contributed by atoms with Crippen LogP contribution in [0.5, 0.6) is 0 Å². The molecule has 27 heavy (non-hydrogen) atoms. The van der Waals surface area contributed by atoms with Gasteiger partial charge in [-0.2, -0.15) is 0 Å². The number of hydrogen-bond acceptors (Lipinski definition) is 3. The average molecular weight is 396 g/mol. The van der Waals surface area contributed by atoms with Crippen LogP contribution in [-0.2, 0) is 12.8 Å². The van der Waals surface area contributed by atoms with Crippen LogP contribution in [0.1, 0.15) is 43.7 Å². The molecule has 0 bridgehead atoms. The highest BCUT2D eigenvalue weighted by atomic mass is 35.5. The smallest absolute Gasteiger partial charge is 0.131 e. The number of benzene rings is 2. The summed E-state index contributed by atoms with van der Waals surface area (Å²) in [4.78, 5) is 0. The van der Waals surface area contributed by atoms with Crippen molar-refractivity contribution in [2.75, 3.05) is 13.2 Å². The summed E-state index contributed by atoms with van der Waals surface area (Å²) in [7, 11) is 0. The highest BCUT2D eigenvalue weighted by Crippen LogP contribution is 2.25. The van der Waals surface area contributed by atoms with Crippen LogP contribution in [0, 0.1) is 5.82 Å². The maximum atomic E-state index is 14.5. The van der Waals surface area contributed by atoms with Crippen molar-refractivity contribution in [1.82, 2.24) is 0 Å². The minimum atomic E-state index is -0.960. The number of aryl methyl sites for hydroxylation is 2. The molecule has 0 amide bonds. The van der Waals surface area contributed by atoms with E-state index in [1.54, 1.807) is 6.07 Å². The molecule has 0 heterocycles. The van der Waals surface area contributed by atoms with Crippen molar-refractivity contribution in [3.8, 4) is 11.1 Å². The lowest BCUT2D eigenvalue weighted by Gasteiger charge is -2.24. The van der Waals surface area contributed by atoms with E-state index in [1.807, 2.05) is 36.4 Å². The van der Waals surface area contributed by atoms with E-state index in [0.717, 1.165) is 36.0 Å². The third-order valence-corrected chi connectivity index (χ3v) is 4.91. The zero-order valence-electron chi connectivity index (χ0n) is 16.0. The SMILES string of the molecule is CCCCCc1ccc(-c2ccc(CCC(N)(CO)CO)cc2)c(F)c1.Cl. The Bertz CT molecular complexity index is 687. The molecule has 0 aromatic heterocycles. The van der Waals surface area contributed by atoms with E-state index < -0.39 is 5.54 Å². The number of unbranched alkanes of at least 4 members (excludes halogenated alkanes) is 2. The van der Waals surface area contributed by atoms with E-state index >= 15 is 0 Å².